The summed E-state index contributed by atoms with van der Waals surface area (Å²) in [7, 11) is 3.97. The largest absolute Gasteiger partial charge is 0.444 e. The van der Waals surface area contributed by atoms with E-state index in [9.17, 15) is 9.90 Å². The number of ether oxygens (including phenoxy) is 2. The molecule has 1 aliphatic rings. The molecule has 6 nitrogen and oxygen atoms in total. The van der Waals surface area contributed by atoms with E-state index in [1.807, 2.05) is 39.8 Å². The standard InChI is InChI=1S/C15H30N2O4/c1-14(2,3)21-13(18)17-8-6-15(19,7-9-17)12-20-11-10-16(4)5/h19H,6-12H2,1-5H3. The topological polar surface area (TPSA) is 62.2 Å². The fraction of sp³-hybridized carbons (Fsp3) is 0.933. The van der Waals surface area contributed by atoms with E-state index in [1.54, 1.807) is 4.90 Å². The Morgan fingerprint density at radius 2 is 1.86 bits per heavy atom. The van der Waals surface area contributed by atoms with Crippen molar-refractivity contribution in [2.24, 2.45) is 0 Å². The van der Waals surface area contributed by atoms with E-state index in [0.717, 1.165) is 6.54 Å². The second kappa shape index (κ2) is 7.42. The average Bonchev–Trinajstić information content (AvgIpc) is 2.33. The van der Waals surface area contributed by atoms with Gasteiger partial charge in [-0.2, -0.15) is 0 Å². The van der Waals surface area contributed by atoms with Gasteiger partial charge in [-0.25, -0.2) is 4.79 Å². The van der Waals surface area contributed by atoms with E-state index in [-0.39, 0.29) is 6.09 Å². The van der Waals surface area contributed by atoms with E-state index >= 15 is 0 Å². The molecule has 0 atom stereocenters. The van der Waals surface area contributed by atoms with E-state index < -0.39 is 11.2 Å². The zero-order valence-corrected chi connectivity index (χ0v) is 14.0. The predicted molar refractivity (Wildman–Crippen MR) is 81.4 cm³/mol. The molecule has 21 heavy (non-hydrogen) atoms. The van der Waals surface area contributed by atoms with Gasteiger partial charge in [0.25, 0.3) is 0 Å². The van der Waals surface area contributed by atoms with Crippen LogP contribution in [-0.4, -0.2) is 79.1 Å². The van der Waals surface area contributed by atoms with Crippen LogP contribution in [0.25, 0.3) is 0 Å². The molecule has 0 aromatic rings. The molecule has 1 rings (SSSR count). The zero-order chi connectivity index (χ0) is 16.1. The summed E-state index contributed by atoms with van der Waals surface area (Å²) in [6, 6.07) is 0. The van der Waals surface area contributed by atoms with Crippen LogP contribution in [0.1, 0.15) is 33.6 Å². The molecule has 1 aliphatic heterocycles. The van der Waals surface area contributed by atoms with Crippen molar-refractivity contribution in [1.29, 1.82) is 0 Å². The predicted octanol–water partition coefficient (Wildman–Crippen LogP) is 1.33. The van der Waals surface area contributed by atoms with Crippen molar-refractivity contribution in [1.82, 2.24) is 9.80 Å². The lowest BCUT2D eigenvalue weighted by atomic mass is 9.92. The van der Waals surface area contributed by atoms with Crippen LogP contribution >= 0.6 is 0 Å². The first-order valence-corrected chi connectivity index (χ1v) is 7.54. The number of carbonyl (C=O) groups excluding carboxylic acids is 1. The van der Waals surface area contributed by atoms with Crippen LogP contribution in [0, 0.1) is 0 Å². The molecule has 6 heteroatoms. The van der Waals surface area contributed by atoms with Crippen molar-refractivity contribution in [3.05, 3.63) is 0 Å². The Morgan fingerprint density at radius 3 is 2.33 bits per heavy atom. The maximum atomic E-state index is 11.9. The van der Waals surface area contributed by atoms with Crippen molar-refractivity contribution < 1.29 is 19.4 Å². The average molecular weight is 302 g/mol. The molecule has 0 bridgehead atoms. The first kappa shape index (κ1) is 18.2. The molecule has 1 heterocycles. The van der Waals surface area contributed by atoms with Gasteiger partial charge in [-0.3, -0.25) is 0 Å². The molecule has 0 aromatic carbocycles. The van der Waals surface area contributed by atoms with Gasteiger partial charge >= 0.3 is 6.09 Å². The third-order valence-electron chi connectivity index (χ3n) is 3.40. The van der Waals surface area contributed by atoms with Crippen molar-refractivity contribution in [3.63, 3.8) is 0 Å². The Bertz CT molecular complexity index is 331. The Labute approximate surface area is 128 Å². The highest BCUT2D eigenvalue weighted by Crippen LogP contribution is 2.24. The third-order valence-corrected chi connectivity index (χ3v) is 3.40. The summed E-state index contributed by atoms with van der Waals surface area (Å²) in [6.45, 7) is 8.32. The lowest BCUT2D eigenvalue weighted by Crippen LogP contribution is -2.50. The van der Waals surface area contributed by atoms with Crippen LogP contribution in [0.3, 0.4) is 0 Å². The molecule has 1 N–H and O–H groups in total. The van der Waals surface area contributed by atoms with Gasteiger partial charge in [-0.05, 0) is 47.7 Å². The molecule has 0 spiro atoms. The number of nitrogens with zero attached hydrogens (tertiary/aromatic N) is 2. The Morgan fingerprint density at radius 1 is 1.29 bits per heavy atom. The number of hydrogen-bond acceptors (Lipinski definition) is 5. The quantitative estimate of drug-likeness (QED) is 0.776. The minimum Gasteiger partial charge on any atom is -0.444 e. The second-order valence-corrected chi connectivity index (χ2v) is 7.05. The van der Waals surface area contributed by atoms with Gasteiger partial charge < -0.3 is 24.4 Å². The Balaban J connectivity index is 2.31. The summed E-state index contributed by atoms with van der Waals surface area (Å²) in [5, 5.41) is 10.5. The maximum absolute atomic E-state index is 11.9. The minimum atomic E-state index is -0.829. The lowest BCUT2D eigenvalue weighted by molar-refractivity contribution is -0.0832. The van der Waals surface area contributed by atoms with Crippen molar-refractivity contribution >= 4 is 6.09 Å². The number of likely N-dealkylation sites (N-methyl/N-ethyl adjacent to an activating group) is 1. The highest BCUT2D eigenvalue weighted by Gasteiger charge is 2.35. The smallest absolute Gasteiger partial charge is 0.410 e. The molecule has 0 unspecified atom stereocenters. The molecule has 1 amide bonds. The maximum Gasteiger partial charge on any atom is 0.410 e. The van der Waals surface area contributed by atoms with Gasteiger partial charge in [0.15, 0.2) is 0 Å². The summed E-state index contributed by atoms with van der Waals surface area (Å²) < 4.78 is 10.9. The summed E-state index contributed by atoms with van der Waals surface area (Å²) in [6.07, 6.45) is 0.737. The zero-order valence-electron chi connectivity index (χ0n) is 14.0. The Hall–Kier alpha value is -0.850. The third kappa shape index (κ3) is 7.11. The minimum absolute atomic E-state index is 0.307. The van der Waals surface area contributed by atoms with Crippen LogP contribution < -0.4 is 0 Å². The van der Waals surface area contributed by atoms with E-state index in [1.165, 1.54) is 0 Å². The first-order chi connectivity index (χ1) is 9.61. The number of likely N-dealkylation sites (tertiary alicyclic amines) is 1. The normalized spacial score (nSPS) is 18.9. The molecule has 124 valence electrons. The van der Waals surface area contributed by atoms with E-state index in [2.05, 4.69) is 0 Å². The van der Waals surface area contributed by atoms with Gasteiger partial charge in [0, 0.05) is 19.6 Å². The summed E-state index contributed by atoms with van der Waals surface area (Å²) in [4.78, 5) is 15.6. The highest BCUT2D eigenvalue weighted by atomic mass is 16.6. The number of aliphatic hydroxyl groups is 1. The van der Waals surface area contributed by atoms with Crippen LogP contribution in [-0.2, 0) is 9.47 Å². The first-order valence-electron chi connectivity index (χ1n) is 7.54. The SMILES string of the molecule is CN(C)CCOCC1(O)CCN(C(=O)OC(C)(C)C)CC1. The lowest BCUT2D eigenvalue weighted by Gasteiger charge is -2.38. The van der Waals surface area contributed by atoms with E-state index in [0.29, 0.717) is 39.1 Å². The molecule has 1 fully saturated rings. The van der Waals surface area contributed by atoms with Crippen molar-refractivity contribution in [3.8, 4) is 0 Å². The fourth-order valence-corrected chi connectivity index (χ4v) is 2.09. The second-order valence-electron chi connectivity index (χ2n) is 7.05. The number of piperidine rings is 1. The number of hydrogen-bond donors (Lipinski definition) is 1. The van der Waals surface area contributed by atoms with E-state index in [4.69, 9.17) is 9.47 Å². The molecular weight excluding hydrogens is 272 g/mol. The van der Waals surface area contributed by atoms with Crippen LogP contribution in [0.2, 0.25) is 0 Å². The molecule has 1 saturated heterocycles. The van der Waals surface area contributed by atoms with Gasteiger partial charge in [-0.1, -0.05) is 0 Å². The fourth-order valence-electron chi connectivity index (χ4n) is 2.09. The number of amides is 1. The van der Waals surface area contributed by atoms with Gasteiger partial charge in [0.05, 0.1) is 18.8 Å². The number of rotatable bonds is 5. The van der Waals surface area contributed by atoms with Crippen molar-refractivity contribution in [2.75, 3.05) is 46.9 Å². The molecule has 0 radical (unpaired) electrons. The van der Waals surface area contributed by atoms with Gasteiger partial charge in [0.1, 0.15) is 5.60 Å². The summed E-state index contributed by atoms with van der Waals surface area (Å²) in [5.41, 5.74) is -1.31. The summed E-state index contributed by atoms with van der Waals surface area (Å²) in [5.74, 6) is 0. The molecule has 0 aliphatic carbocycles. The van der Waals surface area contributed by atoms with Crippen LogP contribution in [0.4, 0.5) is 4.79 Å². The van der Waals surface area contributed by atoms with Gasteiger partial charge in [-0.15, -0.1) is 0 Å². The van der Waals surface area contributed by atoms with Gasteiger partial charge in [0.2, 0.25) is 0 Å². The van der Waals surface area contributed by atoms with Crippen molar-refractivity contribution in [2.45, 2.75) is 44.8 Å². The van der Waals surface area contributed by atoms with Crippen LogP contribution in [0.5, 0.6) is 0 Å². The molecular formula is C15H30N2O4. The monoisotopic (exact) mass is 302 g/mol. The molecule has 0 saturated carbocycles. The highest BCUT2D eigenvalue weighted by molar-refractivity contribution is 5.68. The Kier molecular flexibility index (Phi) is 6.43. The van der Waals surface area contributed by atoms with Crippen LogP contribution in [0.15, 0.2) is 0 Å². The number of carbonyl (C=O) groups is 1. The summed E-state index contributed by atoms with van der Waals surface area (Å²) >= 11 is 0. The molecule has 0 aromatic heterocycles.